The Labute approximate surface area is 80.1 Å². The third-order valence-corrected chi connectivity index (χ3v) is 1.83. The molecule has 0 spiro atoms. The highest BCUT2D eigenvalue weighted by atomic mass is 79.9. The van der Waals surface area contributed by atoms with Gasteiger partial charge >= 0.3 is 0 Å². The number of rotatable bonds is 2. The topological polar surface area (TPSA) is 29.1 Å². The number of carbonyl (C=O) groups is 1. The molecule has 1 rings (SSSR count). The van der Waals surface area contributed by atoms with Crippen LogP contribution in [0.5, 0.6) is 0 Å². The highest BCUT2D eigenvalue weighted by molar-refractivity contribution is 9.18. The molecule has 1 N–H and O–H groups in total. The summed E-state index contributed by atoms with van der Waals surface area (Å²) < 4.78 is 0. The average Bonchev–Trinajstić information content (AvgIpc) is 2.03. The number of halogens is 1. The number of hydrogen-bond acceptors (Lipinski definition) is 1. The molecule has 1 aromatic carbocycles. The second kappa shape index (κ2) is 4.26. The van der Waals surface area contributed by atoms with Crippen LogP contribution in [-0.4, -0.2) is 4.82 Å². The summed E-state index contributed by atoms with van der Waals surface area (Å²) in [6.45, 7) is 2.61. The van der Waals surface area contributed by atoms with Gasteiger partial charge in [-0.2, -0.15) is 0 Å². The smallest absolute Gasteiger partial charge is 0.287 e. The van der Waals surface area contributed by atoms with E-state index in [2.05, 4.69) is 21.2 Å². The lowest BCUT2D eigenvalue weighted by molar-refractivity contribution is 0.261. The number of amides is 1. The fourth-order valence-corrected chi connectivity index (χ4v) is 1.02. The Balaban J connectivity index is 2.53. The fourth-order valence-electron chi connectivity index (χ4n) is 0.877. The molecule has 0 fully saturated rings. The van der Waals surface area contributed by atoms with Crippen LogP contribution in [0.3, 0.4) is 0 Å². The van der Waals surface area contributed by atoms with Crippen molar-refractivity contribution in [3.05, 3.63) is 35.4 Å². The number of hydrogen-bond donors (Lipinski definition) is 1. The number of nitrogens with one attached hydrogen (secondary N) is 1. The summed E-state index contributed by atoms with van der Waals surface area (Å²) in [5.41, 5.74) is 2.33. The van der Waals surface area contributed by atoms with E-state index in [1.807, 2.05) is 31.2 Å². The minimum atomic E-state index is -0.178. The van der Waals surface area contributed by atoms with E-state index in [0.717, 1.165) is 5.56 Å². The minimum absolute atomic E-state index is 0.178. The lowest BCUT2D eigenvalue weighted by Gasteiger charge is -2.00. The van der Waals surface area contributed by atoms with Gasteiger partial charge in [0.15, 0.2) is 0 Å². The first-order valence-electron chi connectivity index (χ1n) is 3.67. The van der Waals surface area contributed by atoms with E-state index < -0.39 is 0 Å². The molecule has 0 bridgehead atoms. The van der Waals surface area contributed by atoms with Crippen molar-refractivity contribution in [2.45, 2.75) is 13.5 Å². The van der Waals surface area contributed by atoms with Crippen LogP contribution in [-0.2, 0) is 6.54 Å². The molecule has 3 heteroatoms. The Bertz CT molecular complexity index is 268. The molecule has 1 aromatic rings. The highest BCUT2D eigenvalue weighted by Gasteiger charge is 1.94. The Morgan fingerprint density at radius 2 is 2.00 bits per heavy atom. The summed E-state index contributed by atoms with van der Waals surface area (Å²) in [5, 5.41) is 2.66. The molecule has 0 atom stereocenters. The van der Waals surface area contributed by atoms with Gasteiger partial charge in [-0.05, 0) is 12.5 Å². The predicted octanol–water partition coefficient (Wildman–Crippen LogP) is 2.60. The third kappa shape index (κ3) is 3.05. The van der Waals surface area contributed by atoms with Crippen LogP contribution >= 0.6 is 15.9 Å². The molecule has 0 unspecified atom stereocenters. The monoisotopic (exact) mass is 227 g/mol. The molecule has 0 aliphatic heterocycles. The quantitative estimate of drug-likeness (QED) is 0.611. The molecule has 0 saturated heterocycles. The van der Waals surface area contributed by atoms with E-state index in [1.165, 1.54) is 5.56 Å². The Hall–Kier alpha value is -0.830. The van der Waals surface area contributed by atoms with Gasteiger partial charge in [-0.3, -0.25) is 4.79 Å². The van der Waals surface area contributed by atoms with Crippen molar-refractivity contribution in [2.24, 2.45) is 0 Å². The van der Waals surface area contributed by atoms with E-state index in [0.29, 0.717) is 6.54 Å². The first kappa shape index (κ1) is 9.26. The fraction of sp³-hybridized carbons (Fsp3) is 0.222. The molecule has 0 saturated carbocycles. The van der Waals surface area contributed by atoms with Gasteiger partial charge in [0.05, 0.1) is 0 Å². The second-order valence-corrected chi connectivity index (χ2v) is 3.33. The van der Waals surface area contributed by atoms with Crippen molar-refractivity contribution in [2.75, 3.05) is 0 Å². The van der Waals surface area contributed by atoms with Crippen molar-refractivity contribution in [1.29, 1.82) is 0 Å². The first-order chi connectivity index (χ1) is 5.68. The van der Waals surface area contributed by atoms with Crippen LogP contribution in [0.25, 0.3) is 0 Å². The van der Waals surface area contributed by atoms with Gasteiger partial charge in [0, 0.05) is 22.5 Å². The van der Waals surface area contributed by atoms with Gasteiger partial charge in [-0.1, -0.05) is 29.8 Å². The van der Waals surface area contributed by atoms with E-state index in [-0.39, 0.29) is 4.82 Å². The summed E-state index contributed by atoms with van der Waals surface area (Å²) in [6, 6.07) is 8.04. The van der Waals surface area contributed by atoms with E-state index in [1.54, 1.807) is 0 Å². The summed E-state index contributed by atoms with van der Waals surface area (Å²) in [4.78, 5) is 10.3. The van der Waals surface area contributed by atoms with E-state index in [4.69, 9.17) is 0 Å². The van der Waals surface area contributed by atoms with Gasteiger partial charge in [-0.25, -0.2) is 0 Å². The van der Waals surface area contributed by atoms with Crippen LogP contribution in [0.1, 0.15) is 11.1 Å². The average molecular weight is 228 g/mol. The zero-order valence-corrected chi connectivity index (χ0v) is 8.39. The zero-order valence-electron chi connectivity index (χ0n) is 6.80. The molecule has 0 radical (unpaired) electrons. The summed E-state index contributed by atoms with van der Waals surface area (Å²) in [7, 11) is 0. The predicted molar refractivity (Wildman–Crippen MR) is 52.3 cm³/mol. The van der Waals surface area contributed by atoms with Crippen LogP contribution in [0, 0.1) is 6.92 Å². The maximum atomic E-state index is 10.5. The van der Waals surface area contributed by atoms with E-state index in [9.17, 15) is 4.79 Å². The minimum Gasteiger partial charge on any atom is -0.343 e. The maximum absolute atomic E-state index is 10.5. The third-order valence-electron chi connectivity index (χ3n) is 1.55. The van der Waals surface area contributed by atoms with Crippen LogP contribution in [0.15, 0.2) is 24.3 Å². The number of aryl methyl sites for hydroxylation is 1. The molecule has 12 heavy (non-hydrogen) atoms. The van der Waals surface area contributed by atoms with Gasteiger partial charge in [0.25, 0.3) is 4.82 Å². The largest absolute Gasteiger partial charge is 0.343 e. The molecule has 0 aliphatic carbocycles. The highest BCUT2D eigenvalue weighted by Crippen LogP contribution is 2.02. The zero-order chi connectivity index (χ0) is 8.97. The van der Waals surface area contributed by atoms with Gasteiger partial charge in [0.2, 0.25) is 0 Å². The maximum Gasteiger partial charge on any atom is 0.287 e. The van der Waals surface area contributed by atoms with Crippen LogP contribution in [0.4, 0.5) is 4.79 Å². The molecule has 0 aromatic heterocycles. The molecular formula is C9H10BrNO. The summed E-state index contributed by atoms with van der Waals surface area (Å²) in [5.74, 6) is 0. The van der Waals surface area contributed by atoms with Gasteiger partial charge in [0.1, 0.15) is 0 Å². The SMILES string of the molecule is Cc1ccc(CNC(=O)Br)cc1. The molecule has 64 valence electrons. The van der Waals surface area contributed by atoms with Gasteiger partial charge < -0.3 is 5.32 Å². The standard InChI is InChI=1S/C9H10BrNO/c1-7-2-4-8(5-3-7)6-11-9(10)12/h2-5H,6H2,1H3,(H,11,12). The van der Waals surface area contributed by atoms with Crippen molar-refractivity contribution < 1.29 is 4.79 Å². The van der Waals surface area contributed by atoms with Crippen LogP contribution < -0.4 is 5.32 Å². The molecule has 0 aliphatic rings. The lowest BCUT2D eigenvalue weighted by atomic mass is 10.1. The van der Waals surface area contributed by atoms with Crippen LogP contribution in [0.2, 0.25) is 0 Å². The normalized spacial score (nSPS) is 9.50. The van der Waals surface area contributed by atoms with Crippen molar-refractivity contribution >= 4 is 20.7 Å². The lowest BCUT2D eigenvalue weighted by Crippen LogP contribution is -2.14. The molecular weight excluding hydrogens is 218 g/mol. The number of benzene rings is 1. The molecule has 1 amide bonds. The Kier molecular flexibility index (Phi) is 3.29. The molecule has 0 heterocycles. The van der Waals surface area contributed by atoms with Crippen molar-refractivity contribution in [1.82, 2.24) is 5.32 Å². The summed E-state index contributed by atoms with van der Waals surface area (Å²) >= 11 is 2.80. The summed E-state index contributed by atoms with van der Waals surface area (Å²) in [6.07, 6.45) is 0. The molecule has 2 nitrogen and oxygen atoms in total. The van der Waals surface area contributed by atoms with E-state index >= 15 is 0 Å². The second-order valence-electron chi connectivity index (χ2n) is 2.61. The Morgan fingerprint density at radius 1 is 1.42 bits per heavy atom. The van der Waals surface area contributed by atoms with Gasteiger partial charge in [-0.15, -0.1) is 0 Å². The first-order valence-corrected chi connectivity index (χ1v) is 4.46. The Morgan fingerprint density at radius 3 is 2.50 bits per heavy atom. The van der Waals surface area contributed by atoms with Crippen molar-refractivity contribution in [3.63, 3.8) is 0 Å². The van der Waals surface area contributed by atoms with Crippen molar-refractivity contribution in [3.8, 4) is 0 Å². The number of carbonyl (C=O) groups excluding carboxylic acids is 1.